The van der Waals surface area contributed by atoms with E-state index < -0.39 is 23.9 Å². The summed E-state index contributed by atoms with van der Waals surface area (Å²) >= 11 is 6.19. The Morgan fingerprint density at radius 2 is 1.68 bits per heavy atom. The summed E-state index contributed by atoms with van der Waals surface area (Å²) in [6.07, 6.45) is 1.12. The highest BCUT2D eigenvalue weighted by molar-refractivity contribution is 6.31. The van der Waals surface area contributed by atoms with Crippen LogP contribution in [-0.2, 0) is 42.9 Å². The molecular weight excluding hydrogens is 472 g/mol. The van der Waals surface area contributed by atoms with Crippen molar-refractivity contribution >= 4 is 46.9 Å². The molecule has 1 aliphatic rings. The number of benzene rings is 1. The van der Waals surface area contributed by atoms with E-state index in [4.69, 9.17) is 35.3 Å². The van der Waals surface area contributed by atoms with Crippen molar-refractivity contribution in [3.05, 3.63) is 46.3 Å². The predicted molar refractivity (Wildman–Crippen MR) is 121 cm³/mol. The van der Waals surface area contributed by atoms with Crippen LogP contribution in [0, 0.1) is 0 Å². The minimum Gasteiger partial charge on any atom is -0.466 e. The second kappa shape index (κ2) is 12.6. The molecule has 1 aromatic rings. The van der Waals surface area contributed by atoms with E-state index in [2.05, 4.69) is 5.32 Å². The molecule has 0 saturated heterocycles. The molecule has 12 heteroatoms. The van der Waals surface area contributed by atoms with Gasteiger partial charge in [-0.15, -0.1) is 0 Å². The van der Waals surface area contributed by atoms with Crippen LogP contribution in [0.25, 0.3) is 0 Å². The molecule has 0 spiro atoms. The molecule has 184 valence electrons. The van der Waals surface area contributed by atoms with Crippen LogP contribution in [0.3, 0.4) is 0 Å². The van der Waals surface area contributed by atoms with Crippen LogP contribution in [0.4, 0.5) is 11.4 Å². The molecule has 1 aromatic carbocycles. The van der Waals surface area contributed by atoms with Gasteiger partial charge in [-0.05, 0) is 32.0 Å². The Morgan fingerprint density at radius 1 is 1.06 bits per heavy atom. The molecule has 34 heavy (non-hydrogen) atoms. The van der Waals surface area contributed by atoms with E-state index in [0.29, 0.717) is 10.7 Å². The van der Waals surface area contributed by atoms with Gasteiger partial charge in [-0.25, -0.2) is 19.2 Å². The Hall–Kier alpha value is -3.57. The van der Waals surface area contributed by atoms with Gasteiger partial charge in [0.25, 0.3) is 0 Å². The maximum Gasteiger partial charge on any atom is 0.355 e. The molecule has 0 atom stereocenters. The van der Waals surface area contributed by atoms with E-state index in [1.807, 2.05) is 0 Å². The maximum atomic E-state index is 12.6. The van der Waals surface area contributed by atoms with E-state index in [1.54, 1.807) is 26.0 Å². The van der Waals surface area contributed by atoms with Crippen LogP contribution in [0.5, 0.6) is 0 Å². The summed E-state index contributed by atoms with van der Waals surface area (Å²) in [7, 11) is 2.34. The van der Waals surface area contributed by atoms with Crippen molar-refractivity contribution in [2.75, 3.05) is 51.0 Å². The number of hydrogen-bond acceptors (Lipinski definition) is 11. The van der Waals surface area contributed by atoms with Crippen LogP contribution in [0.15, 0.2) is 41.2 Å². The van der Waals surface area contributed by atoms with Gasteiger partial charge in [0.05, 0.1) is 51.0 Å². The zero-order valence-electron chi connectivity index (χ0n) is 19.1. The number of hydrogen-bond donors (Lipinski definition) is 1. The Labute approximate surface area is 201 Å². The maximum absolute atomic E-state index is 12.6. The lowest BCUT2D eigenvalue weighted by Gasteiger charge is -2.32. The van der Waals surface area contributed by atoms with Crippen LogP contribution in [-0.4, -0.2) is 64.6 Å². The van der Waals surface area contributed by atoms with Crippen LogP contribution in [0.2, 0.25) is 5.02 Å². The van der Waals surface area contributed by atoms with Crippen molar-refractivity contribution in [2.45, 2.75) is 13.8 Å². The number of rotatable bonds is 9. The van der Waals surface area contributed by atoms with Gasteiger partial charge in [0.15, 0.2) is 5.57 Å². The summed E-state index contributed by atoms with van der Waals surface area (Å²) in [5.74, 6) is -3.33. The largest absolute Gasteiger partial charge is 0.466 e. The third-order valence-electron chi connectivity index (χ3n) is 4.45. The normalized spacial score (nSPS) is 13.0. The molecule has 0 bridgehead atoms. The molecule has 0 saturated carbocycles. The molecule has 0 amide bonds. The number of nitrogens with one attached hydrogen (secondary N) is 1. The molecule has 0 unspecified atom stereocenters. The Bertz CT molecular complexity index is 1000. The molecule has 0 radical (unpaired) electrons. The van der Waals surface area contributed by atoms with Gasteiger partial charge in [0.1, 0.15) is 12.4 Å². The Kier molecular flexibility index (Phi) is 9.90. The highest BCUT2D eigenvalue weighted by Gasteiger charge is 2.33. The van der Waals surface area contributed by atoms with E-state index in [9.17, 15) is 19.2 Å². The van der Waals surface area contributed by atoms with E-state index in [-0.39, 0.29) is 49.1 Å². The quantitative estimate of drug-likeness (QED) is 0.177. The average Bonchev–Trinajstić information content (AvgIpc) is 2.83. The van der Waals surface area contributed by atoms with Gasteiger partial charge in [-0.2, -0.15) is 0 Å². The van der Waals surface area contributed by atoms with Crippen LogP contribution < -0.4 is 10.2 Å². The summed E-state index contributed by atoms with van der Waals surface area (Å²) in [6.45, 7) is 2.99. The summed E-state index contributed by atoms with van der Waals surface area (Å²) in [5.41, 5.74) is 0.0640. The summed E-state index contributed by atoms with van der Waals surface area (Å²) in [4.78, 5) is 50.7. The highest BCUT2D eigenvalue weighted by Crippen LogP contribution is 2.35. The molecule has 1 N–H and O–H groups in total. The topological polar surface area (TPSA) is 130 Å². The van der Waals surface area contributed by atoms with E-state index in [1.165, 1.54) is 25.2 Å². The first kappa shape index (κ1) is 26.7. The summed E-state index contributed by atoms with van der Waals surface area (Å²) in [6, 6.07) is 4.59. The van der Waals surface area contributed by atoms with Gasteiger partial charge in [-0.1, -0.05) is 11.6 Å². The standard InChI is InChI=1S/C22H25ClN2O9/c1-5-33-20(27)14(21(28)34-6-2)10-24-16-8-7-13(23)9-17(16)25-12-32-11-15(19(26)30-3)18(25)22(29)31-4/h7-10,24H,5-6,11-12H2,1-4H3. The number of methoxy groups -OCH3 is 2. The zero-order chi connectivity index (χ0) is 25.3. The van der Waals surface area contributed by atoms with Crippen molar-refractivity contribution in [3.63, 3.8) is 0 Å². The smallest absolute Gasteiger partial charge is 0.355 e. The van der Waals surface area contributed by atoms with Gasteiger partial charge in [0, 0.05) is 11.2 Å². The minimum atomic E-state index is -0.881. The van der Waals surface area contributed by atoms with Crippen molar-refractivity contribution in [2.24, 2.45) is 0 Å². The number of anilines is 2. The number of carbonyl (C=O) groups is 4. The first-order chi connectivity index (χ1) is 16.3. The number of carbonyl (C=O) groups excluding carboxylic acids is 4. The van der Waals surface area contributed by atoms with Gasteiger partial charge in [-0.3, -0.25) is 0 Å². The monoisotopic (exact) mass is 496 g/mol. The van der Waals surface area contributed by atoms with Crippen LogP contribution >= 0.6 is 11.6 Å². The zero-order valence-corrected chi connectivity index (χ0v) is 19.9. The minimum absolute atomic E-state index is 0.0521. The second-order valence-electron chi connectivity index (χ2n) is 6.52. The molecule has 0 fully saturated rings. The predicted octanol–water partition coefficient (Wildman–Crippen LogP) is 2.16. The Balaban J connectivity index is 2.58. The fourth-order valence-electron chi connectivity index (χ4n) is 2.95. The van der Waals surface area contributed by atoms with Crippen molar-refractivity contribution < 1.29 is 42.9 Å². The Morgan fingerprint density at radius 3 is 2.24 bits per heavy atom. The molecule has 1 heterocycles. The molecule has 0 aromatic heterocycles. The van der Waals surface area contributed by atoms with Gasteiger partial charge < -0.3 is 33.9 Å². The van der Waals surface area contributed by atoms with E-state index >= 15 is 0 Å². The van der Waals surface area contributed by atoms with Crippen LogP contribution in [0.1, 0.15) is 13.8 Å². The first-order valence-corrected chi connectivity index (χ1v) is 10.5. The second-order valence-corrected chi connectivity index (χ2v) is 6.96. The third-order valence-corrected chi connectivity index (χ3v) is 4.68. The number of ether oxygens (including phenoxy) is 5. The number of nitrogens with zero attached hydrogens (tertiary/aromatic N) is 1. The van der Waals surface area contributed by atoms with Crippen molar-refractivity contribution in [1.82, 2.24) is 0 Å². The third kappa shape index (κ3) is 6.27. The SMILES string of the molecule is CCOC(=O)C(=CNc1ccc(Cl)cc1N1COCC(C(=O)OC)=C1C(=O)OC)C(=O)OCC. The van der Waals surface area contributed by atoms with E-state index in [0.717, 1.165) is 6.20 Å². The lowest BCUT2D eigenvalue weighted by atomic mass is 10.1. The molecule has 11 nitrogen and oxygen atoms in total. The lowest BCUT2D eigenvalue weighted by molar-refractivity contribution is -0.146. The van der Waals surface area contributed by atoms with Crippen molar-refractivity contribution in [3.8, 4) is 0 Å². The summed E-state index contributed by atoms with van der Waals surface area (Å²) < 4.78 is 25.0. The fraction of sp³-hybridized carbons (Fsp3) is 0.364. The molecular formula is C22H25ClN2O9. The first-order valence-electron chi connectivity index (χ1n) is 10.1. The number of halogens is 1. The molecule has 2 rings (SSSR count). The molecule has 0 aliphatic carbocycles. The van der Waals surface area contributed by atoms with Gasteiger partial charge >= 0.3 is 23.9 Å². The fourth-order valence-corrected chi connectivity index (χ4v) is 3.12. The number of esters is 4. The lowest BCUT2D eigenvalue weighted by Crippen LogP contribution is -2.39. The molecule has 1 aliphatic heterocycles. The highest BCUT2D eigenvalue weighted by atomic mass is 35.5. The van der Waals surface area contributed by atoms with Crippen molar-refractivity contribution in [1.29, 1.82) is 0 Å². The summed E-state index contributed by atoms with van der Waals surface area (Å²) in [5, 5.41) is 3.14. The van der Waals surface area contributed by atoms with Gasteiger partial charge in [0.2, 0.25) is 0 Å². The average molecular weight is 497 g/mol.